The summed E-state index contributed by atoms with van der Waals surface area (Å²) in [5.74, 6) is 0. The molecule has 0 fully saturated rings. The average molecular weight is 416 g/mol. The first kappa shape index (κ1) is 18.4. The first-order valence-electron chi connectivity index (χ1n) is 10.7. The zero-order chi connectivity index (χ0) is 20.6. The summed E-state index contributed by atoms with van der Waals surface area (Å²) in [6, 6.07) is 28.2. The molecule has 4 aromatic carbocycles. The summed E-state index contributed by atoms with van der Waals surface area (Å²) in [4.78, 5) is 7.14. The number of rotatable bonds is 3. The molecule has 1 aromatic heterocycles. The summed E-state index contributed by atoms with van der Waals surface area (Å²) in [5.41, 5.74) is 2.60. The van der Waals surface area contributed by atoms with Crippen LogP contribution in [0, 0.1) is 0 Å². The monoisotopic (exact) mass is 415 g/mol. The van der Waals surface area contributed by atoms with Gasteiger partial charge in [0.2, 0.25) is 0 Å². The third kappa shape index (κ3) is 3.15. The van der Waals surface area contributed by atoms with Crippen molar-refractivity contribution < 1.29 is 0 Å². The highest BCUT2D eigenvalue weighted by molar-refractivity contribution is 7.99. The Balaban J connectivity index is 1.75. The van der Waals surface area contributed by atoms with E-state index in [2.05, 4.69) is 96.0 Å². The largest absolute Gasteiger partial charge is 0.264 e. The van der Waals surface area contributed by atoms with Crippen molar-refractivity contribution in [3.63, 3.8) is 0 Å². The molecule has 0 radical (unpaired) electrons. The van der Waals surface area contributed by atoms with Crippen LogP contribution in [0.3, 0.4) is 0 Å². The number of fused-ring (bicyclic) bond motifs is 3. The minimum atomic E-state index is 1.08. The number of pyridine rings is 1. The molecule has 0 atom stereocenters. The van der Waals surface area contributed by atoms with Crippen LogP contribution < -0.4 is 10.4 Å². The first-order chi connectivity index (χ1) is 15.4. The summed E-state index contributed by atoms with van der Waals surface area (Å²) in [5, 5.41) is 7.77. The maximum absolute atomic E-state index is 4.54. The smallest absolute Gasteiger partial charge is 0.0353 e. The van der Waals surface area contributed by atoms with Crippen LogP contribution in [-0.4, -0.2) is 4.98 Å². The molecule has 0 saturated carbocycles. The predicted octanol–water partition coefficient (Wildman–Crippen LogP) is 6.56. The molecule has 0 amide bonds. The van der Waals surface area contributed by atoms with Crippen LogP contribution in [0.25, 0.3) is 44.8 Å². The lowest BCUT2D eigenvalue weighted by molar-refractivity contribution is 1.11. The lowest BCUT2D eigenvalue weighted by Crippen LogP contribution is -2.31. The van der Waals surface area contributed by atoms with E-state index in [0.29, 0.717) is 0 Å². The van der Waals surface area contributed by atoms with Crippen molar-refractivity contribution in [3.8, 4) is 11.1 Å². The molecule has 1 heterocycles. The van der Waals surface area contributed by atoms with Gasteiger partial charge in [0.15, 0.2) is 0 Å². The Morgan fingerprint density at radius 3 is 2.32 bits per heavy atom. The molecule has 148 valence electrons. The normalized spacial score (nSPS) is 12.9. The van der Waals surface area contributed by atoms with Crippen LogP contribution in [0.1, 0.15) is 12.8 Å². The van der Waals surface area contributed by atoms with Crippen LogP contribution in [0.4, 0.5) is 0 Å². The third-order valence-electron chi connectivity index (χ3n) is 6.02. The van der Waals surface area contributed by atoms with Crippen LogP contribution in [0.2, 0.25) is 0 Å². The van der Waals surface area contributed by atoms with E-state index < -0.39 is 0 Å². The molecule has 1 aliphatic carbocycles. The van der Waals surface area contributed by atoms with Gasteiger partial charge in [-0.15, -0.1) is 0 Å². The zero-order valence-corrected chi connectivity index (χ0v) is 17.9. The highest BCUT2D eigenvalue weighted by atomic mass is 32.2. The molecule has 0 N–H and O–H groups in total. The number of nitrogens with zero attached hydrogens (tertiary/aromatic N) is 1. The standard InChI is InChI=1S/C29H21NS/c1-2-11-21(12-3-1)31-29-25-15-7-6-14-24(25)28(27-19-30-18-17-26(27)29)23-16-8-10-20-9-4-5-13-22(20)23/h1-5,8-19H,6-7H2. The van der Waals surface area contributed by atoms with Gasteiger partial charge in [0, 0.05) is 27.6 Å². The molecule has 5 aromatic rings. The fourth-order valence-electron chi connectivity index (χ4n) is 4.66. The summed E-state index contributed by atoms with van der Waals surface area (Å²) < 4.78 is 0. The van der Waals surface area contributed by atoms with Gasteiger partial charge in [-0.3, -0.25) is 4.98 Å². The van der Waals surface area contributed by atoms with Crippen molar-refractivity contribution in [1.82, 2.24) is 4.98 Å². The maximum atomic E-state index is 4.54. The molecule has 6 rings (SSSR count). The lowest BCUT2D eigenvalue weighted by Gasteiger charge is -2.17. The van der Waals surface area contributed by atoms with Gasteiger partial charge in [-0.2, -0.15) is 0 Å². The van der Waals surface area contributed by atoms with Crippen molar-refractivity contribution in [2.75, 3.05) is 0 Å². The van der Waals surface area contributed by atoms with Crippen LogP contribution in [-0.2, 0) is 0 Å². The molecule has 0 aliphatic heterocycles. The molecule has 31 heavy (non-hydrogen) atoms. The van der Waals surface area contributed by atoms with Gasteiger partial charge >= 0.3 is 0 Å². The van der Waals surface area contributed by atoms with Crippen molar-refractivity contribution in [2.45, 2.75) is 22.6 Å². The molecule has 0 bridgehead atoms. The van der Waals surface area contributed by atoms with Crippen molar-refractivity contribution in [2.24, 2.45) is 0 Å². The zero-order valence-electron chi connectivity index (χ0n) is 17.1. The second-order valence-electron chi connectivity index (χ2n) is 7.88. The number of aromatic nitrogens is 1. The molecule has 0 unspecified atom stereocenters. The van der Waals surface area contributed by atoms with Crippen molar-refractivity contribution in [1.29, 1.82) is 0 Å². The number of hydrogen-bond donors (Lipinski definition) is 0. The van der Waals surface area contributed by atoms with Crippen molar-refractivity contribution >= 4 is 45.5 Å². The summed E-state index contributed by atoms with van der Waals surface area (Å²) in [7, 11) is 0. The fraction of sp³-hybridized carbons (Fsp3) is 0.0690. The Bertz CT molecular complexity index is 1550. The number of benzene rings is 4. The Hall–Kier alpha value is -3.36. The van der Waals surface area contributed by atoms with E-state index in [0.717, 1.165) is 12.8 Å². The quantitative estimate of drug-likeness (QED) is 0.331. The molecule has 2 heteroatoms. The van der Waals surface area contributed by atoms with Gasteiger partial charge < -0.3 is 0 Å². The molecular weight excluding hydrogens is 394 g/mol. The van der Waals surface area contributed by atoms with E-state index in [-0.39, 0.29) is 0 Å². The fourth-order valence-corrected chi connectivity index (χ4v) is 5.78. The van der Waals surface area contributed by atoms with E-state index in [9.17, 15) is 0 Å². The second kappa shape index (κ2) is 7.72. The number of hydrogen-bond acceptors (Lipinski definition) is 2. The second-order valence-corrected chi connectivity index (χ2v) is 8.96. The van der Waals surface area contributed by atoms with Gasteiger partial charge in [0.05, 0.1) is 0 Å². The van der Waals surface area contributed by atoms with Crippen molar-refractivity contribution in [3.05, 3.63) is 102 Å². The van der Waals surface area contributed by atoms with Gasteiger partial charge in [-0.25, -0.2) is 0 Å². The molecule has 1 aliphatic rings. The maximum Gasteiger partial charge on any atom is 0.0353 e. The van der Waals surface area contributed by atoms with E-state index in [1.807, 2.05) is 24.2 Å². The highest BCUT2D eigenvalue weighted by Crippen LogP contribution is 2.36. The lowest BCUT2D eigenvalue weighted by atomic mass is 9.90. The van der Waals surface area contributed by atoms with E-state index in [4.69, 9.17) is 0 Å². The van der Waals surface area contributed by atoms with E-state index in [1.165, 1.54) is 52.9 Å². The first-order valence-corrected chi connectivity index (χ1v) is 11.5. The average Bonchev–Trinajstić information content (AvgIpc) is 2.84. The minimum absolute atomic E-state index is 1.08. The van der Waals surface area contributed by atoms with Gasteiger partial charge in [-0.1, -0.05) is 84.6 Å². The molecule has 0 spiro atoms. The van der Waals surface area contributed by atoms with E-state index in [1.54, 1.807) is 0 Å². The molecule has 0 saturated heterocycles. The Labute approximate surface area is 185 Å². The van der Waals surface area contributed by atoms with Gasteiger partial charge in [0.25, 0.3) is 0 Å². The highest BCUT2D eigenvalue weighted by Gasteiger charge is 2.17. The van der Waals surface area contributed by atoms with Crippen LogP contribution in [0.15, 0.2) is 101 Å². The minimum Gasteiger partial charge on any atom is -0.264 e. The SMILES string of the molecule is C1=c2c(Sc3ccccc3)c3ccncc3c(-c3cccc4ccccc34)c2=CCC1. The third-order valence-corrected chi connectivity index (χ3v) is 7.18. The van der Waals surface area contributed by atoms with Gasteiger partial charge in [-0.05, 0) is 68.8 Å². The summed E-state index contributed by atoms with van der Waals surface area (Å²) in [6.07, 6.45) is 11.0. The summed E-state index contributed by atoms with van der Waals surface area (Å²) >= 11 is 1.86. The topological polar surface area (TPSA) is 12.9 Å². The Morgan fingerprint density at radius 2 is 1.42 bits per heavy atom. The van der Waals surface area contributed by atoms with E-state index >= 15 is 0 Å². The van der Waals surface area contributed by atoms with Crippen LogP contribution in [0.5, 0.6) is 0 Å². The molecular formula is C29H21NS. The summed E-state index contributed by atoms with van der Waals surface area (Å²) in [6.45, 7) is 0. The molecule has 1 nitrogen and oxygen atoms in total. The van der Waals surface area contributed by atoms with Crippen LogP contribution >= 0.6 is 11.8 Å². The Kier molecular flexibility index (Phi) is 4.58. The predicted molar refractivity (Wildman–Crippen MR) is 133 cm³/mol. The van der Waals surface area contributed by atoms with Gasteiger partial charge in [0.1, 0.15) is 0 Å². The Morgan fingerprint density at radius 1 is 0.645 bits per heavy atom.